The van der Waals surface area contributed by atoms with Crippen LogP contribution in [0.3, 0.4) is 0 Å². The molecule has 4 aromatic rings. The number of carbonyl (C=O) groups is 1. The standard InChI is InChI=1S/C21H23N7O2/c1-4-28-14(2)16(10-23-28)12-27-13-17(11-22-27)24-21(29)20-9-19(25-26-20)15-5-7-18(30-3)8-6-15/h5-11,13H,4,12H2,1-3H3,(H,24,29)(H,25,26). The van der Waals surface area contributed by atoms with Crippen LogP contribution in [-0.4, -0.2) is 42.8 Å². The van der Waals surface area contributed by atoms with Crippen LogP contribution in [0.25, 0.3) is 11.3 Å². The third-order valence-electron chi connectivity index (χ3n) is 4.94. The zero-order valence-electron chi connectivity index (χ0n) is 17.1. The number of ether oxygens (including phenoxy) is 1. The van der Waals surface area contributed by atoms with Gasteiger partial charge in [-0.05, 0) is 44.2 Å². The van der Waals surface area contributed by atoms with Crippen LogP contribution in [0.2, 0.25) is 0 Å². The van der Waals surface area contributed by atoms with Crippen LogP contribution in [0.1, 0.15) is 28.7 Å². The van der Waals surface area contributed by atoms with E-state index in [1.54, 1.807) is 30.3 Å². The molecule has 3 aromatic heterocycles. The third kappa shape index (κ3) is 3.95. The Morgan fingerprint density at radius 1 is 1.20 bits per heavy atom. The first-order valence-corrected chi connectivity index (χ1v) is 9.62. The van der Waals surface area contributed by atoms with Crippen molar-refractivity contribution in [3.63, 3.8) is 0 Å². The van der Waals surface area contributed by atoms with Gasteiger partial charge in [0, 0.05) is 29.6 Å². The summed E-state index contributed by atoms with van der Waals surface area (Å²) >= 11 is 0. The number of aryl methyl sites for hydroxylation is 1. The van der Waals surface area contributed by atoms with Crippen LogP contribution in [0.4, 0.5) is 5.69 Å². The van der Waals surface area contributed by atoms with Gasteiger partial charge in [0.1, 0.15) is 11.4 Å². The zero-order valence-corrected chi connectivity index (χ0v) is 17.1. The van der Waals surface area contributed by atoms with Crippen molar-refractivity contribution in [3.8, 4) is 17.0 Å². The minimum Gasteiger partial charge on any atom is -0.497 e. The van der Waals surface area contributed by atoms with E-state index in [9.17, 15) is 4.79 Å². The van der Waals surface area contributed by atoms with E-state index in [4.69, 9.17) is 4.74 Å². The minimum atomic E-state index is -0.281. The Hall–Kier alpha value is -3.88. The molecule has 3 heterocycles. The van der Waals surface area contributed by atoms with Gasteiger partial charge in [-0.1, -0.05) is 0 Å². The average molecular weight is 405 g/mol. The Balaban J connectivity index is 1.42. The number of nitrogens with one attached hydrogen (secondary N) is 2. The highest BCUT2D eigenvalue weighted by atomic mass is 16.5. The molecule has 0 aliphatic rings. The van der Waals surface area contributed by atoms with Crippen LogP contribution in [-0.2, 0) is 13.1 Å². The van der Waals surface area contributed by atoms with Crippen molar-refractivity contribution in [2.75, 3.05) is 12.4 Å². The third-order valence-corrected chi connectivity index (χ3v) is 4.94. The highest BCUT2D eigenvalue weighted by Crippen LogP contribution is 2.21. The van der Waals surface area contributed by atoms with Crippen LogP contribution < -0.4 is 10.1 Å². The summed E-state index contributed by atoms with van der Waals surface area (Å²) in [5, 5.41) is 18.5. The van der Waals surface area contributed by atoms with Gasteiger partial charge in [0.15, 0.2) is 0 Å². The van der Waals surface area contributed by atoms with E-state index in [-0.39, 0.29) is 5.91 Å². The molecular formula is C21H23N7O2. The molecule has 30 heavy (non-hydrogen) atoms. The second-order valence-electron chi connectivity index (χ2n) is 6.85. The van der Waals surface area contributed by atoms with Gasteiger partial charge >= 0.3 is 0 Å². The van der Waals surface area contributed by atoms with E-state index in [0.717, 1.165) is 29.1 Å². The number of anilines is 1. The summed E-state index contributed by atoms with van der Waals surface area (Å²) < 4.78 is 8.88. The molecule has 0 spiro atoms. The van der Waals surface area contributed by atoms with Gasteiger partial charge in [0.25, 0.3) is 5.91 Å². The number of aromatic amines is 1. The second-order valence-corrected chi connectivity index (χ2v) is 6.85. The van der Waals surface area contributed by atoms with Crippen molar-refractivity contribution in [3.05, 3.63) is 65.9 Å². The van der Waals surface area contributed by atoms with E-state index in [1.165, 1.54) is 0 Å². The largest absolute Gasteiger partial charge is 0.497 e. The number of hydrogen-bond acceptors (Lipinski definition) is 5. The van der Waals surface area contributed by atoms with E-state index in [2.05, 4.69) is 32.6 Å². The Labute approximate surface area is 173 Å². The summed E-state index contributed by atoms with van der Waals surface area (Å²) in [4.78, 5) is 12.6. The van der Waals surface area contributed by atoms with Gasteiger partial charge in [0.05, 0.1) is 37.4 Å². The quantitative estimate of drug-likeness (QED) is 0.492. The maximum absolute atomic E-state index is 12.6. The van der Waals surface area contributed by atoms with Crippen LogP contribution in [0.5, 0.6) is 5.75 Å². The fraction of sp³-hybridized carbons (Fsp3) is 0.238. The summed E-state index contributed by atoms with van der Waals surface area (Å²) in [5.74, 6) is 0.485. The molecule has 0 aliphatic heterocycles. The molecule has 0 bridgehead atoms. The van der Waals surface area contributed by atoms with Crippen molar-refractivity contribution in [1.29, 1.82) is 0 Å². The predicted molar refractivity (Wildman–Crippen MR) is 112 cm³/mol. The van der Waals surface area contributed by atoms with Gasteiger partial charge in [-0.3, -0.25) is 19.3 Å². The predicted octanol–water partition coefficient (Wildman–Crippen LogP) is 3.11. The first-order chi connectivity index (χ1) is 14.6. The molecule has 154 valence electrons. The van der Waals surface area contributed by atoms with Gasteiger partial charge in [-0.25, -0.2) is 0 Å². The molecule has 9 heteroatoms. The molecule has 0 radical (unpaired) electrons. The van der Waals surface area contributed by atoms with Crippen molar-refractivity contribution in [2.24, 2.45) is 0 Å². The number of nitrogens with zero attached hydrogens (tertiary/aromatic N) is 5. The molecule has 4 rings (SSSR count). The van der Waals surface area contributed by atoms with Gasteiger partial charge in [-0.15, -0.1) is 0 Å². The topological polar surface area (TPSA) is 103 Å². The zero-order chi connectivity index (χ0) is 21.1. The lowest BCUT2D eigenvalue weighted by Crippen LogP contribution is -2.11. The summed E-state index contributed by atoms with van der Waals surface area (Å²) in [6, 6.07) is 9.20. The Morgan fingerprint density at radius 2 is 2.00 bits per heavy atom. The molecule has 0 aliphatic carbocycles. The lowest BCUT2D eigenvalue weighted by molar-refractivity contribution is 0.102. The number of rotatable bonds is 7. The summed E-state index contributed by atoms with van der Waals surface area (Å²) in [6.45, 7) is 5.51. The molecule has 0 saturated heterocycles. The number of benzene rings is 1. The maximum atomic E-state index is 12.6. The summed E-state index contributed by atoms with van der Waals surface area (Å²) in [6.07, 6.45) is 5.27. The van der Waals surface area contributed by atoms with Crippen molar-refractivity contribution < 1.29 is 9.53 Å². The van der Waals surface area contributed by atoms with Crippen molar-refractivity contribution >= 4 is 11.6 Å². The number of H-pyrrole nitrogens is 1. The Morgan fingerprint density at radius 3 is 2.70 bits per heavy atom. The summed E-state index contributed by atoms with van der Waals surface area (Å²) in [5.41, 5.74) is 4.76. The Bertz CT molecular complexity index is 1150. The first-order valence-electron chi connectivity index (χ1n) is 9.62. The molecule has 0 atom stereocenters. The molecule has 9 nitrogen and oxygen atoms in total. The normalized spacial score (nSPS) is 10.9. The average Bonchev–Trinajstić information content (AvgIpc) is 3.50. The van der Waals surface area contributed by atoms with Crippen LogP contribution in [0.15, 0.2) is 48.9 Å². The fourth-order valence-corrected chi connectivity index (χ4v) is 3.19. The lowest BCUT2D eigenvalue weighted by atomic mass is 10.1. The van der Waals surface area contributed by atoms with Crippen molar-refractivity contribution in [2.45, 2.75) is 26.9 Å². The van der Waals surface area contributed by atoms with E-state index < -0.39 is 0 Å². The number of amides is 1. The van der Waals surface area contributed by atoms with Gasteiger partial charge < -0.3 is 10.1 Å². The fourth-order valence-electron chi connectivity index (χ4n) is 3.19. The summed E-state index contributed by atoms with van der Waals surface area (Å²) in [7, 11) is 1.62. The Kier molecular flexibility index (Phi) is 5.34. The van der Waals surface area contributed by atoms with Crippen LogP contribution in [0, 0.1) is 6.92 Å². The molecule has 2 N–H and O–H groups in total. The monoisotopic (exact) mass is 405 g/mol. The van der Waals surface area contributed by atoms with Gasteiger partial charge in [0.2, 0.25) is 0 Å². The number of carbonyl (C=O) groups excluding carboxylic acids is 1. The first kappa shape index (κ1) is 19.4. The molecule has 1 amide bonds. The molecule has 1 aromatic carbocycles. The second kappa shape index (κ2) is 8.24. The lowest BCUT2D eigenvalue weighted by Gasteiger charge is -2.03. The molecule has 0 unspecified atom stereocenters. The van der Waals surface area contributed by atoms with Gasteiger partial charge in [-0.2, -0.15) is 15.3 Å². The maximum Gasteiger partial charge on any atom is 0.273 e. The number of hydrogen-bond donors (Lipinski definition) is 2. The van der Waals surface area contributed by atoms with E-state index in [1.807, 2.05) is 42.1 Å². The van der Waals surface area contributed by atoms with E-state index in [0.29, 0.717) is 23.6 Å². The molecule has 0 fully saturated rings. The van der Waals surface area contributed by atoms with E-state index >= 15 is 0 Å². The number of aromatic nitrogens is 6. The van der Waals surface area contributed by atoms with Crippen molar-refractivity contribution in [1.82, 2.24) is 29.8 Å². The highest BCUT2D eigenvalue weighted by molar-refractivity contribution is 6.03. The minimum absolute atomic E-state index is 0.281. The molecule has 0 saturated carbocycles. The van der Waals surface area contributed by atoms with Crippen LogP contribution >= 0.6 is 0 Å². The smallest absolute Gasteiger partial charge is 0.273 e. The number of methoxy groups -OCH3 is 1. The molecular weight excluding hydrogens is 382 g/mol. The highest BCUT2D eigenvalue weighted by Gasteiger charge is 2.13. The SMILES string of the molecule is CCn1ncc(Cn2cc(NC(=O)c3cc(-c4ccc(OC)cc4)n[nH]3)cn2)c1C.